The Hall–Kier alpha value is -2.50. The van der Waals surface area contributed by atoms with E-state index < -0.39 is 15.8 Å². The van der Waals surface area contributed by atoms with E-state index in [0.29, 0.717) is 18.8 Å². The van der Waals surface area contributed by atoms with Gasteiger partial charge in [-0.2, -0.15) is 9.57 Å². The molecule has 1 aromatic carbocycles. The number of hydrogen-bond donors (Lipinski definition) is 0. The van der Waals surface area contributed by atoms with E-state index >= 15 is 0 Å². The normalized spacial score (nSPS) is 15.9. The number of nitrogens with zero attached hydrogens (tertiary/aromatic N) is 4. The summed E-state index contributed by atoms with van der Waals surface area (Å²) in [5, 5.41) is 9.13. The Morgan fingerprint density at radius 1 is 1.12 bits per heavy atom. The van der Waals surface area contributed by atoms with Crippen LogP contribution in [0.15, 0.2) is 47.6 Å². The zero-order valence-electron chi connectivity index (χ0n) is 12.8. The van der Waals surface area contributed by atoms with Crippen LogP contribution in [-0.2, 0) is 10.0 Å². The number of aromatic nitrogens is 1. The number of rotatable bonds is 3. The number of halogens is 1. The Kier molecular flexibility index (Phi) is 4.46. The lowest BCUT2D eigenvalue weighted by atomic mass is 10.1. The van der Waals surface area contributed by atoms with Gasteiger partial charge in [0.05, 0.1) is 5.69 Å². The summed E-state index contributed by atoms with van der Waals surface area (Å²) in [5.41, 5.74) is 0.483. The number of piperazine rings is 1. The van der Waals surface area contributed by atoms with Crippen LogP contribution in [0.3, 0.4) is 0 Å². The summed E-state index contributed by atoms with van der Waals surface area (Å²) in [5.74, 6) is -0.569. The molecule has 8 heteroatoms. The second-order valence-electron chi connectivity index (χ2n) is 5.33. The molecule has 124 valence electrons. The van der Waals surface area contributed by atoms with E-state index in [1.165, 1.54) is 28.8 Å². The molecule has 1 aliphatic rings. The Bertz CT molecular complexity index is 873. The predicted molar refractivity (Wildman–Crippen MR) is 86.3 cm³/mol. The Labute approximate surface area is 139 Å². The second kappa shape index (κ2) is 6.55. The van der Waals surface area contributed by atoms with Crippen LogP contribution in [0.1, 0.15) is 5.56 Å². The SMILES string of the molecule is N#Cc1c(F)cccc1N1CCN(S(=O)(=O)c2cccnc2)CC1. The maximum atomic E-state index is 13.7. The molecule has 1 saturated heterocycles. The van der Waals surface area contributed by atoms with Gasteiger partial charge < -0.3 is 4.90 Å². The van der Waals surface area contributed by atoms with E-state index in [9.17, 15) is 12.8 Å². The maximum absolute atomic E-state index is 13.7. The summed E-state index contributed by atoms with van der Waals surface area (Å²) in [6, 6.07) is 9.42. The van der Waals surface area contributed by atoms with Crippen molar-refractivity contribution in [3.63, 3.8) is 0 Å². The summed E-state index contributed by atoms with van der Waals surface area (Å²) in [4.78, 5) is 5.83. The van der Waals surface area contributed by atoms with Gasteiger partial charge in [0.15, 0.2) is 0 Å². The zero-order chi connectivity index (χ0) is 17.2. The molecule has 3 rings (SSSR count). The molecule has 0 unspecified atom stereocenters. The van der Waals surface area contributed by atoms with Crippen molar-refractivity contribution >= 4 is 15.7 Å². The predicted octanol–water partition coefficient (Wildman–Crippen LogP) is 1.60. The molecule has 0 saturated carbocycles. The number of benzene rings is 1. The monoisotopic (exact) mass is 346 g/mol. The number of anilines is 1. The lowest BCUT2D eigenvalue weighted by Gasteiger charge is -2.35. The molecule has 0 N–H and O–H groups in total. The second-order valence-corrected chi connectivity index (χ2v) is 7.26. The van der Waals surface area contributed by atoms with Crippen LogP contribution in [0, 0.1) is 17.1 Å². The van der Waals surface area contributed by atoms with Gasteiger partial charge in [-0.15, -0.1) is 0 Å². The van der Waals surface area contributed by atoms with Crippen molar-refractivity contribution in [1.82, 2.24) is 9.29 Å². The van der Waals surface area contributed by atoms with Crippen LogP contribution in [-0.4, -0.2) is 43.9 Å². The van der Waals surface area contributed by atoms with Crippen molar-refractivity contribution in [2.75, 3.05) is 31.1 Å². The van der Waals surface area contributed by atoms with Crippen LogP contribution in [0.2, 0.25) is 0 Å². The molecule has 6 nitrogen and oxygen atoms in total. The van der Waals surface area contributed by atoms with Crippen LogP contribution < -0.4 is 4.90 Å². The molecule has 24 heavy (non-hydrogen) atoms. The molecular weight excluding hydrogens is 331 g/mol. The maximum Gasteiger partial charge on any atom is 0.244 e. The lowest BCUT2D eigenvalue weighted by molar-refractivity contribution is 0.384. The van der Waals surface area contributed by atoms with Gasteiger partial charge in [0.1, 0.15) is 22.3 Å². The van der Waals surface area contributed by atoms with E-state index in [4.69, 9.17) is 5.26 Å². The number of hydrogen-bond acceptors (Lipinski definition) is 5. The standard InChI is InChI=1S/C16H15FN4O2S/c17-15-4-1-5-16(14(15)11-18)20-7-9-21(10-8-20)24(22,23)13-3-2-6-19-12-13/h1-6,12H,7-10H2. The van der Waals surface area contributed by atoms with Gasteiger partial charge in [0, 0.05) is 38.6 Å². The number of sulfonamides is 1. The zero-order valence-corrected chi connectivity index (χ0v) is 13.6. The van der Waals surface area contributed by atoms with Crippen molar-refractivity contribution in [3.05, 3.63) is 54.1 Å². The molecule has 2 heterocycles. The fraction of sp³-hybridized carbons (Fsp3) is 0.250. The highest BCUT2D eigenvalue weighted by molar-refractivity contribution is 7.89. The summed E-state index contributed by atoms with van der Waals surface area (Å²) >= 11 is 0. The highest BCUT2D eigenvalue weighted by atomic mass is 32.2. The largest absolute Gasteiger partial charge is 0.368 e. The van der Waals surface area contributed by atoms with Gasteiger partial charge in [0.2, 0.25) is 10.0 Å². The van der Waals surface area contributed by atoms with Gasteiger partial charge in [-0.1, -0.05) is 6.07 Å². The van der Waals surface area contributed by atoms with Gasteiger partial charge in [-0.05, 0) is 24.3 Å². The van der Waals surface area contributed by atoms with E-state index in [1.807, 2.05) is 11.0 Å². The van der Waals surface area contributed by atoms with Crippen LogP contribution in [0.4, 0.5) is 10.1 Å². The molecule has 1 fully saturated rings. The molecule has 0 atom stereocenters. The van der Waals surface area contributed by atoms with Crippen LogP contribution >= 0.6 is 0 Å². The molecule has 0 amide bonds. The molecule has 0 aliphatic carbocycles. The van der Waals surface area contributed by atoms with Crippen molar-refractivity contribution in [2.24, 2.45) is 0 Å². The fourth-order valence-electron chi connectivity index (χ4n) is 2.71. The number of nitriles is 1. The van der Waals surface area contributed by atoms with Crippen molar-refractivity contribution in [2.45, 2.75) is 4.90 Å². The van der Waals surface area contributed by atoms with Crippen molar-refractivity contribution in [3.8, 4) is 6.07 Å². The summed E-state index contributed by atoms with van der Waals surface area (Å²) in [7, 11) is -3.59. The first-order chi connectivity index (χ1) is 11.5. The summed E-state index contributed by atoms with van der Waals surface area (Å²) in [6.45, 7) is 1.30. The van der Waals surface area contributed by atoms with Gasteiger partial charge >= 0.3 is 0 Å². The highest BCUT2D eigenvalue weighted by Gasteiger charge is 2.29. The minimum atomic E-state index is -3.59. The van der Waals surface area contributed by atoms with Gasteiger partial charge in [-0.3, -0.25) is 4.98 Å². The van der Waals surface area contributed by atoms with E-state index in [1.54, 1.807) is 18.2 Å². The van der Waals surface area contributed by atoms with Crippen LogP contribution in [0.5, 0.6) is 0 Å². The summed E-state index contributed by atoms with van der Waals surface area (Å²) < 4.78 is 40.2. The van der Waals surface area contributed by atoms with Crippen molar-refractivity contribution in [1.29, 1.82) is 5.26 Å². The van der Waals surface area contributed by atoms with E-state index in [2.05, 4.69) is 4.98 Å². The smallest absolute Gasteiger partial charge is 0.244 e. The molecule has 1 aromatic heterocycles. The molecule has 2 aromatic rings. The third-order valence-electron chi connectivity index (χ3n) is 3.95. The van der Waals surface area contributed by atoms with E-state index in [0.717, 1.165) is 0 Å². The molecule has 0 spiro atoms. The Morgan fingerprint density at radius 2 is 1.88 bits per heavy atom. The third kappa shape index (κ3) is 2.96. The molecule has 0 radical (unpaired) electrons. The fourth-order valence-corrected chi connectivity index (χ4v) is 4.09. The van der Waals surface area contributed by atoms with E-state index in [-0.39, 0.29) is 23.5 Å². The minimum Gasteiger partial charge on any atom is -0.368 e. The van der Waals surface area contributed by atoms with Crippen molar-refractivity contribution < 1.29 is 12.8 Å². The quantitative estimate of drug-likeness (QED) is 0.844. The molecular formula is C16H15FN4O2S. The first-order valence-electron chi connectivity index (χ1n) is 7.38. The first kappa shape index (κ1) is 16.4. The molecule has 0 bridgehead atoms. The topological polar surface area (TPSA) is 77.3 Å². The first-order valence-corrected chi connectivity index (χ1v) is 8.82. The number of pyridine rings is 1. The summed E-state index contributed by atoms with van der Waals surface area (Å²) in [6.07, 6.45) is 2.84. The van der Waals surface area contributed by atoms with Gasteiger partial charge in [-0.25, -0.2) is 12.8 Å². The van der Waals surface area contributed by atoms with Crippen LogP contribution in [0.25, 0.3) is 0 Å². The lowest BCUT2D eigenvalue weighted by Crippen LogP contribution is -2.48. The highest BCUT2D eigenvalue weighted by Crippen LogP contribution is 2.25. The Morgan fingerprint density at radius 3 is 2.50 bits per heavy atom. The average Bonchev–Trinajstić information content (AvgIpc) is 2.62. The van der Waals surface area contributed by atoms with Gasteiger partial charge in [0.25, 0.3) is 0 Å². The Balaban J connectivity index is 1.78. The third-order valence-corrected chi connectivity index (χ3v) is 5.84. The average molecular weight is 346 g/mol. The molecule has 1 aliphatic heterocycles. The minimum absolute atomic E-state index is 0.0129.